The molecule has 0 aromatic rings. The topological polar surface area (TPSA) is 20.2 Å². The third kappa shape index (κ3) is 2.54. The van der Waals surface area contributed by atoms with Gasteiger partial charge in [-0.15, -0.1) is 0 Å². The van der Waals surface area contributed by atoms with Gasteiger partial charge in [0.05, 0.1) is 11.2 Å². The fourth-order valence-electron chi connectivity index (χ4n) is 0.519. The monoisotopic (exact) mass is 168 g/mol. The Bertz CT molecular complexity index is 158. The van der Waals surface area contributed by atoms with Crippen molar-refractivity contribution in [2.75, 3.05) is 0 Å². The number of alkyl halides is 3. The summed E-state index contributed by atoms with van der Waals surface area (Å²) in [5, 5.41) is 9.11. The molecule has 0 saturated carbocycles. The quantitative estimate of drug-likeness (QED) is 0.627. The largest absolute Gasteiger partial charge is 0.414 e. The van der Waals surface area contributed by atoms with Crippen molar-refractivity contribution in [1.29, 1.82) is 0 Å². The van der Waals surface area contributed by atoms with Gasteiger partial charge in [0.2, 0.25) is 0 Å². The summed E-state index contributed by atoms with van der Waals surface area (Å²) >= 11 is 0. The van der Waals surface area contributed by atoms with Crippen LogP contribution in [0.15, 0.2) is 12.2 Å². The lowest BCUT2D eigenvalue weighted by atomic mass is 9.94. The van der Waals surface area contributed by atoms with E-state index < -0.39 is 17.4 Å². The lowest BCUT2D eigenvalue weighted by Gasteiger charge is -2.25. The maximum absolute atomic E-state index is 11.9. The number of halogens is 3. The maximum atomic E-state index is 11.9. The van der Waals surface area contributed by atoms with Crippen molar-refractivity contribution in [1.82, 2.24) is 0 Å². The Labute approximate surface area is 63.5 Å². The molecule has 0 aliphatic rings. The fraction of sp³-hybridized carbons (Fsp3) is 0.714. The van der Waals surface area contributed by atoms with Crippen molar-refractivity contribution in [2.45, 2.75) is 32.0 Å². The van der Waals surface area contributed by atoms with Crippen molar-refractivity contribution in [3.63, 3.8) is 0 Å². The van der Waals surface area contributed by atoms with E-state index in [0.717, 1.165) is 6.92 Å². The number of hydrogen-bond acceptors (Lipinski definition) is 1. The first-order chi connectivity index (χ1) is 4.72. The lowest BCUT2D eigenvalue weighted by Crippen LogP contribution is -2.33. The van der Waals surface area contributed by atoms with E-state index in [2.05, 4.69) is 6.58 Å². The average molecular weight is 168 g/mol. The summed E-state index contributed by atoms with van der Waals surface area (Å²) in [5.74, 6) is 0. The number of aliphatic hydroxyl groups is 1. The molecule has 0 fully saturated rings. The summed E-state index contributed by atoms with van der Waals surface area (Å²) < 4.78 is 35.6. The molecule has 1 N–H and O–H groups in total. The Kier molecular flexibility index (Phi) is 2.72. The first-order valence-electron chi connectivity index (χ1n) is 3.20. The summed E-state index contributed by atoms with van der Waals surface area (Å²) in [5.41, 5.74) is -2.93. The molecular weight excluding hydrogens is 157 g/mol. The van der Waals surface area contributed by atoms with E-state index >= 15 is 0 Å². The van der Waals surface area contributed by atoms with Gasteiger partial charge in [0.1, 0.15) is 0 Å². The van der Waals surface area contributed by atoms with E-state index in [-0.39, 0.29) is 6.42 Å². The molecule has 0 amide bonds. The van der Waals surface area contributed by atoms with Crippen molar-refractivity contribution in [2.24, 2.45) is 0 Å². The summed E-state index contributed by atoms with van der Waals surface area (Å²) in [6, 6.07) is 0. The molecule has 11 heavy (non-hydrogen) atoms. The minimum atomic E-state index is -4.50. The third-order valence-electron chi connectivity index (χ3n) is 1.68. The van der Waals surface area contributed by atoms with Gasteiger partial charge < -0.3 is 5.11 Å². The third-order valence-corrected chi connectivity index (χ3v) is 1.68. The van der Waals surface area contributed by atoms with Crippen LogP contribution in [0.25, 0.3) is 0 Å². The zero-order valence-electron chi connectivity index (χ0n) is 6.50. The van der Waals surface area contributed by atoms with Crippen LogP contribution >= 0.6 is 0 Å². The Morgan fingerprint density at radius 1 is 1.45 bits per heavy atom. The lowest BCUT2D eigenvalue weighted by molar-refractivity contribution is -0.118. The number of hydrogen-bond donors (Lipinski definition) is 1. The predicted octanol–water partition coefficient (Wildman–Crippen LogP) is 2.27. The maximum Gasteiger partial charge on any atom is 0.414 e. The second kappa shape index (κ2) is 2.85. The highest BCUT2D eigenvalue weighted by atomic mass is 19.4. The molecule has 0 saturated heterocycles. The molecule has 0 aliphatic carbocycles. The summed E-state index contributed by atoms with van der Waals surface area (Å²) in [6.07, 6.45) is -4.50. The first kappa shape index (κ1) is 10.5. The highest BCUT2D eigenvalue weighted by molar-refractivity contribution is 5.15. The Hall–Kier alpha value is -0.510. The molecule has 0 aliphatic heterocycles. The van der Waals surface area contributed by atoms with Gasteiger partial charge in [0.15, 0.2) is 0 Å². The molecule has 0 spiro atoms. The van der Waals surface area contributed by atoms with E-state index in [4.69, 9.17) is 5.11 Å². The van der Waals surface area contributed by atoms with Crippen molar-refractivity contribution < 1.29 is 18.3 Å². The zero-order valence-corrected chi connectivity index (χ0v) is 6.50. The van der Waals surface area contributed by atoms with Crippen molar-refractivity contribution in [3.05, 3.63) is 12.2 Å². The van der Waals surface area contributed by atoms with E-state index in [9.17, 15) is 13.2 Å². The van der Waals surface area contributed by atoms with Gasteiger partial charge in [-0.3, -0.25) is 0 Å². The molecule has 1 atom stereocenters. The van der Waals surface area contributed by atoms with Gasteiger partial charge in [-0.25, -0.2) is 0 Å². The normalized spacial score (nSPS) is 17.6. The second-order valence-corrected chi connectivity index (χ2v) is 2.60. The van der Waals surface area contributed by atoms with Crippen LogP contribution in [0, 0.1) is 0 Å². The summed E-state index contributed by atoms with van der Waals surface area (Å²) in [7, 11) is 0. The SMILES string of the molecule is C=C(C(F)(F)F)C(C)(O)CC. The van der Waals surface area contributed by atoms with E-state index in [1.165, 1.54) is 6.92 Å². The molecule has 1 unspecified atom stereocenters. The van der Waals surface area contributed by atoms with Crippen LogP contribution in [0.5, 0.6) is 0 Å². The standard InChI is InChI=1S/C7H11F3O/c1-4-6(3,11)5(2)7(8,9)10/h11H,2,4H2,1,3H3. The molecule has 66 valence electrons. The van der Waals surface area contributed by atoms with Gasteiger partial charge in [0.25, 0.3) is 0 Å². The van der Waals surface area contributed by atoms with Crippen LogP contribution in [0.4, 0.5) is 13.2 Å². The molecule has 0 radical (unpaired) electrons. The first-order valence-corrected chi connectivity index (χ1v) is 3.20. The molecule has 0 rings (SSSR count). The van der Waals surface area contributed by atoms with E-state index in [1.54, 1.807) is 0 Å². The minimum Gasteiger partial charge on any atom is -0.385 e. The minimum absolute atomic E-state index is 0.00530. The second-order valence-electron chi connectivity index (χ2n) is 2.60. The molecule has 4 heteroatoms. The molecule has 0 bridgehead atoms. The Morgan fingerprint density at radius 3 is 1.91 bits per heavy atom. The van der Waals surface area contributed by atoms with Gasteiger partial charge in [-0.05, 0) is 13.3 Å². The molecule has 0 aromatic heterocycles. The molecular formula is C7H11F3O. The van der Waals surface area contributed by atoms with Gasteiger partial charge in [0, 0.05) is 0 Å². The molecule has 0 heterocycles. The average Bonchev–Trinajstić information content (AvgIpc) is 1.84. The van der Waals surface area contributed by atoms with E-state index in [1.807, 2.05) is 0 Å². The smallest absolute Gasteiger partial charge is 0.385 e. The van der Waals surface area contributed by atoms with Crippen LogP contribution < -0.4 is 0 Å². The van der Waals surface area contributed by atoms with Gasteiger partial charge in [-0.1, -0.05) is 13.5 Å². The highest BCUT2D eigenvalue weighted by Crippen LogP contribution is 2.33. The molecule has 0 aromatic carbocycles. The van der Waals surface area contributed by atoms with Crippen LogP contribution in [-0.4, -0.2) is 16.9 Å². The fourth-order valence-corrected chi connectivity index (χ4v) is 0.519. The van der Waals surface area contributed by atoms with Crippen molar-refractivity contribution >= 4 is 0 Å². The van der Waals surface area contributed by atoms with Crippen LogP contribution in [0.2, 0.25) is 0 Å². The predicted molar refractivity (Wildman–Crippen MR) is 36.1 cm³/mol. The Morgan fingerprint density at radius 2 is 1.82 bits per heavy atom. The van der Waals surface area contributed by atoms with Crippen molar-refractivity contribution in [3.8, 4) is 0 Å². The highest BCUT2D eigenvalue weighted by Gasteiger charge is 2.41. The van der Waals surface area contributed by atoms with Gasteiger partial charge >= 0.3 is 6.18 Å². The molecule has 1 nitrogen and oxygen atoms in total. The van der Waals surface area contributed by atoms with E-state index in [0.29, 0.717) is 0 Å². The Balaban J connectivity index is 4.50. The summed E-state index contributed by atoms with van der Waals surface area (Å²) in [4.78, 5) is 0. The van der Waals surface area contributed by atoms with Crippen LogP contribution in [0.1, 0.15) is 20.3 Å². The van der Waals surface area contributed by atoms with Gasteiger partial charge in [-0.2, -0.15) is 13.2 Å². The summed E-state index contributed by atoms with van der Waals surface area (Å²) in [6.45, 7) is 5.36. The zero-order chi connectivity index (χ0) is 9.28. The van der Waals surface area contributed by atoms with Crippen LogP contribution in [-0.2, 0) is 0 Å². The number of rotatable bonds is 2. The van der Waals surface area contributed by atoms with Crippen LogP contribution in [0.3, 0.4) is 0 Å².